The van der Waals surface area contributed by atoms with E-state index < -0.39 is 0 Å². The number of fused-ring (bicyclic) bond motifs is 1. The quantitative estimate of drug-likeness (QED) is 0.779. The first kappa shape index (κ1) is 13.0. The molecule has 0 fully saturated rings. The molecule has 0 saturated heterocycles. The number of hydrogen-bond acceptors (Lipinski definition) is 6. The van der Waals surface area contributed by atoms with E-state index in [0.717, 1.165) is 20.1 Å². The van der Waals surface area contributed by atoms with Gasteiger partial charge in [-0.1, -0.05) is 11.3 Å². The predicted molar refractivity (Wildman–Crippen MR) is 82.1 cm³/mol. The zero-order valence-corrected chi connectivity index (χ0v) is 12.3. The third-order valence-corrected chi connectivity index (χ3v) is 4.52. The number of nitrogen functional groups attached to an aromatic ring is 1. The Balaban J connectivity index is 1.74. The molecule has 2 aromatic heterocycles. The molecule has 0 atom stereocenters. The molecule has 102 valence electrons. The van der Waals surface area contributed by atoms with Crippen LogP contribution in [0.3, 0.4) is 0 Å². The summed E-state index contributed by atoms with van der Waals surface area (Å²) >= 11 is 2.96. The minimum Gasteiger partial charge on any atom is -0.375 e. The molecule has 0 radical (unpaired) electrons. The van der Waals surface area contributed by atoms with Crippen molar-refractivity contribution in [3.05, 3.63) is 39.8 Å². The second-order valence-corrected chi connectivity index (χ2v) is 6.64. The lowest BCUT2D eigenvalue weighted by atomic mass is 10.2. The molecular formula is C13H12N4OS2. The number of nitrogens with zero attached hydrogens (tertiary/aromatic N) is 2. The fourth-order valence-electron chi connectivity index (χ4n) is 1.84. The van der Waals surface area contributed by atoms with Gasteiger partial charge in [0.25, 0.3) is 5.91 Å². The Kier molecular flexibility index (Phi) is 3.37. The topological polar surface area (TPSA) is 80.9 Å². The first-order chi connectivity index (χ1) is 9.61. The number of nitrogens with one attached hydrogen (secondary N) is 1. The van der Waals surface area contributed by atoms with Crippen LogP contribution in [0.25, 0.3) is 10.2 Å². The summed E-state index contributed by atoms with van der Waals surface area (Å²) in [5.41, 5.74) is 7.09. The maximum Gasteiger partial charge on any atom is 0.251 e. The van der Waals surface area contributed by atoms with Crippen LogP contribution in [0, 0.1) is 6.92 Å². The van der Waals surface area contributed by atoms with Gasteiger partial charge in [0, 0.05) is 16.6 Å². The Bertz CT molecular complexity index is 778. The number of nitrogens with two attached hydrogens (primary N) is 1. The van der Waals surface area contributed by atoms with Gasteiger partial charge in [0.2, 0.25) is 0 Å². The summed E-state index contributed by atoms with van der Waals surface area (Å²) in [4.78, 5) is 21.5. The van der Waals surface area contributed by atoms with Crippen molar-refractivity contribution >= 4 is 43.9 Å². The average molecular weight is 304 g/mol. The van der Waals surface area contributed by atoms with Crippen molar-refractivity contribution in [3.8, 4) is 0 Å². The molecule has 3 N–H and O–H groups in total. The van der Waals surface area contributed by atoms with Crippen molar-refractivity contribution in [1.29, 1.82) is 0 Å². The van der Waals surface area contributed by atoms with Gasteiger partial charge in [0.1, 0.15) is 0 Å². The van der Waals surface area contributed by atoms with Crippen molar-refractivity contribution in [3.63, 3.8) is 0 Å². The summed E-state index contributed by atoms with van der Waals surface area (Å²) in [6, 6.07) is 5.39. The van der Waals surface area contributed by atoms with E-state index in [9.17, 15) is 4.79 Å². The number of carbonyl (C=O) groups is 1. The van der Waals surface area contributed by atoms with Crippen LogP contribution in [0.1, 0.15) is 20.2 Å². The maximum atomic E-state index is 12.1. The molecular weight excluding hydrogens is 292 g/mol. The SMILES string of the molecule is Cc1ncc(CNC(=O)c2ccc3nc(N)sc3c2)s1. The van der Waals surface area contributed by atoms with Gasteiger partial charge in [0.15, 0.2) is 5.13 Å². The van der Waals surface area contributed by atoms with Gasteiger partial charge >= 0.3 is 0 Å². The number of amides is 1. The first-order valence-corrected chi connectivity index (χ1v) is 7.61. The van der Waals surface area contributed by atoms with Crippen molar-refractivity contribution in [2.24, 2.45) is 0 Å². The standard InChI is InChI=1S/C13H12N4OS2/c1-7-15-5-9(19-7)6-16-12(18)8-2-3-10-11(4-8)20-13(14)17-10/h2-5H,6H2,1H3,(H2,14,17)(H,16,18). The van der Waals surface area contributed by atoms with Gasteiger partial charge in [-0.3, -0.25) is 4.79 Å². The fourth-order valence-corrected chi connectivity index (χ4v) is 3.35. The van der Waals surface area contributed by atoms with Crippen molar-refractivity contribution in [2.75, 3.05) is 5.73 Å². The lowest BCUT2D eigenvalue weighted by Crippen LogP contribution is -2.22. The monoisotopic (exact) mass is 304 g/mol. The number of anilines is 1. The van der Waals surface area contributed by atoms with E-state index >= 15 is 0 Å². The van der Waals surface area contributed by atoms with Crippen LogP contribution in [-0.4, -0.2) is 15.9 Å². The van der Waals surface area contributed by atoms with Crippen LogP contribution in [0.5, 0.6) is 0 Å². The highest BCUT2D eigenvalue weighted by Crippen LogP contribution is 2.24. The van der Waals surface area contributed by atoms with Crippen LogP contribution < -0.4 is 11.1 Å². The Morgan fingerprint density at radius 1 is 1.40 bits per heavy atom. The molecule has 1 amide bonds. The summed E-state index contributed by atoms with van der Waals surface area (Å²) in [6.45, 7) is 2.44. The Labute approximate surface area is 123 Å². The highest BCUT2D eigenvalue weighted by Gasteiger charge is 2.09. The van der Waals surface area contributed by atoms with E-state index in [4.69, 9.17) is 5.73 Å². The van der Waals surface area contributed by atoms with Gasteiger partial charge in [-0.2, -0.15) is 0 Å². The Morgan fingerprint density at radius 3 is 3.00 bits per heavy atom. The number of rotatable bonds is 3. The number of hydrogen-bond donors (Lipinski definition) is 2. The predicted octanol–water partition coefficient (Wildman–Crippen LogP) is 2.57. The average Bonchev–Trinajstić information content (AvgIpc) is 2.99. The van der Waals surface area contributed by atoms with Crippen molar-refractivity contribution in [2.45, 2.75) is 13.5 Å². The molecule has 0 spiro atoms. The molecule has 1 aromatic carbocycles. The second-order valence-electron chi connectivity index (χ2n) is 4.26. The summed E-state index contributed by atoms with van der Waals surface area (Å²) in [5.74, 6) is -0.107. The van der Waals surface area contributed by atoms with Gasteiger partial charge in [-0.15, -0.1) is 11.3 Å². The Morgan fingerprint density at radius 2 is 2.25 bits per heavy atom. The zero-order valence-electron chi connectivity index (χ0n) is 10.7. The number of thiazole rings is 2. The normalized spacial score (nSPS) is 10.8. The van der Waals surface area contributed by atoms with E-state index in [1.807, 2.05) is 19.1 Å². The van der Waals surface area contributed by atoms with Crippen LogP contribution in [-0.2, 0) is 6.54 Å². The molecule has 2 heterocycles. The maximum absolute atomic E-state index is 12.1. The fraction of sp³-hybridized carbons (Fsp3) is 0.154. The number of aryl methyl sites for hydroxylation is 1. The van der Waals surface area contributed by atoms with E-state index in [0.29, 0.717) is 17.2 Å². The third-order valence-electron chi connectivity index (χ3n) is 2.76. The molecule has 5 nitrogen and oxygen atoms in total. The molecule has 0 unspecified atom stereocenters. The van der Waals surface area contributed by atoms with Crippen LogP contribution in [0.4, 0.5) is 5.13 Å². The van der Waals surface area contributed by atoms with E-state index in [1.165, 1.54) is 11.3 Å². The number of carbonyl (C=O) groups excluding carboxylic acids is 1. The summed E-state index contributed by atoms with van der Waals surface area (Å²) < 4.78 is 0.920. The summed E-state index contributed by atoms with van der Waals surface area (Å²) in [7, 11) is 0. The highest BCUT2D eigenvalue weighted by atomic mass is 32.1. The highest BCUT2D eigenvalue weighted by molar-refractivity contribution is 7.22. The van der Waals surface area contributed by atoms with Gasteiger partial charge in [-0.05, 0) is 25.1 Å². The Hall–Kier alpha value is -1.99. The molecule has 0 bridgehead atoms. The van der Waals surface area contributed by atoms with Crippen molar-refractivity contribution in [1.82, 2.24) is 15.3 Å². The molecule has 20 heavy (non-hydrogen) atoms. The molecule has 7 heteroatoms. The number of aromatic nitrogens is 2. The largest absolute Gasteiger partial charge is 0.375 e. The van der Waals surface area contributed by atoms with Crippen molar-refractivity contribution < 1.29 is 4.79 Å². The van der Waals surface area contributed by atoms with Gasteiger partial charge in [0.05, 0.1) is 21.8 Å². The van der Waals surface area contributed by atoms with E-state index in [-0.39, 0.29) is 5.91 Å². The van der Waals surface area contributed by atoms with E-state index in [2.05, 4.69) is 15.3 Å². The lowest BCUT2D eigenvalue weighted by Gasteiger charge is -2.03. The first-order valence-electron chi connectivity index (χ1n) is 5.97. The zero-order chi connectivity index (χ0) is 14.1. The molecule has 0 saturated carbocycles. The lowest BCUT2D eigenvalue weighted by molar-refractivity contribution is 0.0951. The summed E-state index contributed by atoms with van der Waals surface area (Å²) in [6.07, 6.45) is 1.79. The second kappa shape index (κ2) is 5.18. The summed E-state index contributed by atoms with van der Waals surface area (Å²) in [5, 5.41) is 4.39. The van der Waals surface area contributed by atoms with E-state index in [1.54, 1.807) is 23.6 Å². The molecule has 0 aliphatic heterocycles. The molecule has 3 rings (SSSR count). The van der Waals surface area contributed by atoms with Gasteiger partial charge < -0.3 is 11.1 Å². The number of benzene rings is 1. The van der Waals surface area contributed by atoms with Gasteiger partial charge in [-0.25, -0.2) is 9.97 Å². The smallest absolute Gasteiger partial charge is 0.251 e. The van der Waals surface area contributed by atoms with Crippen LogP contribution >= 0.6 is 22.7 Å². The van der Waals surface area contributed by atoms with Crippen LogP contribution in [0.15, 0.2) is 24.4 Å². The minimum absolute atomic E-state index is 0.107. The molecule has 3 aromatic rings. The molecule has 0 aliphatic rings. The van der Waals surface area contributed by atoms with Crippen LogP contribution in [0.2, 0.25) is 0 Å². The minimum atomic E-state index is -0.107. The molecule has 0 aliphatic carbocycles. The third kappa shape index (κ3) is 2.63.